The maximum atomic E-state index is 12.7. The van der Waals surface area contributed by atoms with Crippen molar-refractivity contribution in [3.8, 4) is 21.7 Å². The number of nitrogens with one attached hydrogen (secondary N) is 1. The second-order valence-electron chi connectivity index (χ2n) is 7.19. The zero-order valence-electron chi connectivity index (χ0n) is 17.0. The van der Waals surface area contributed by atoms with E-state index in [1.165, 1.54) is 23.5 Å². The Morgan fingerprint density at radius 3 is 2.26 bits per heavy atom. The van der Waals surface area contributed by atoms with Crippen LogP contribution in [-0.2, 0) is 0 Å². The Balaban J connectivity index is 1.74. The number of aromatic nitrogens is 1. The lowest BCUT2D eigenvalue weighted by atomic mass is 10.1. The van der Waals surface area contributed by atoms with Crippen molar-refractivity contribution in [3.05, 3.63) is 99.6 Å². The minimum Gasteiger partial charge on any atom is -0.298 e. The summed E-state index contributed by atoms with van der Waals surface area (Å²) in [5, 5.41) is 14.4. The van der Waals surface area contributed by atoms with Crippen molar-refractivity contribution in [1.29, 1.82) is 0 Å². The van der Waals surface area contributed by atoms with Crippen LogP contribution >= 0.6 is 11.3 Å². The number of carbonyl (C=O) groups excluding carboxylic acids is 1. The smallest absolute Gasteiger partial charge is 0.269 e. The zero-order valence-corrected chi connectivity index (χ0v) is 17.8. The summed E-state index contributed by atoms with van der Waals surface area (Å²) in [6, 6.07) is 21.7. The Morgan fingerprint density at radius 1 is 0.935 bits per heavy atom. The van der Waals surface area contributed by atoms with Crippen LogP contribution in [0, 0.1) is 24.0 Å². The maximum Gasteiger partial charge on any atom is 0.269 e. The molecule has 31 heavy (non-hydrogen) atoms. The van der Waals surface area contributed by atoms with E-state index in [0.717, 1.165) is 32.8 Å². The fourth-order valence-electron chi connectivity index (χ4n) is 3.17. The normalized spacial score (nSPS) is 10.6. The highest BCUT2D eigenvalue weighted by molar-refractivity contribution is 7.19. The van der Waals surface area contributed by atoms with Gasteiger partial charge < -0.3 is 0 Å². The van der Waals surface area contributed by atoms with Gasteiger partial charge in [0.15, 0.2) is 5.13 Å². The summed E-state index contributed by atoms with van der Waals surface area (Å²) >= 11 is 1.34. The third-order valence-corrected chi connectivity index (χ3v) is 5.81. The fraction of sp³-hybridized carbons (Fsp3) is 0.0833. The first-order valence-electron chi connectivity index (χ1n) is 9.61. The van der Waals surface area contributed by atoms with Gasteiger partial charge in [-0.3, -0.25) is 20.2 Å². The Kier molecular flexibility index (Phi) is 5.60. The van der Waals surface area contributed by atoms with Gasteiger partial charge in [-0.1, -0.05) is 58.9 Å². The van der Waals surface area contributed by atoms with Gasteiger partial charge >= 0.3 is 0 Å². The van der Waals surface area contributed by atoms with Gasteiger partial charge in [-0.25, -0.2) is 4.98 Å². The average Bonchev–Trinajstić information content (AvgIpc) is 3.18. The molecule has 0 saturated carbocycles. The van der Waals surface area contributed by atoms with Gasteiger partial charge in [-0.2, -0.15) is 0 Å². The molecule has 154 valence electrons. The number of carbonyl (C=O) groups is 1. The highest BCUT2D eigenvalue weighted by atomic mass is 32.1. The van der Waals surface area contributed by atoms with E-state index in [9.17, 15) is 14.9 Å². The van der Waals surface area contributed by atoms with Crippen LogP contribution in [0.2, 0.25) is 0 Å². The third-order valence-electron chi connectivity index (χ3n) is 4.79. The zero-order chi connectivity index (χ0) is 22.0. The summed E-state index contributed by atoms with van der Waals surface area (Å²) in [5.41, 5.74) is 5.14. The van der Waals surface area contributed by atoms with Crippen LogP contribution in [0.25, 0.3) is 21.7 Å². The van der Waals surface area contributed by atoms with Gasteiger partial charge in [0.1, 0.15) is 0 Å². The SMILES string of the molecule is Cc1ccc(-c2nc(NC(=O)c3cccc(C)c3)sc2-c2ccc([N+](=O)[O-])cc2)cc1. The number of benzene rings is 3. The van der Waals surface area contributed by atoms with Gasteiger partial charge in [0.25, 0.3) is 11.6 Å². The van der Waals surface area contributed by atoms with Crippen LogP contribution in [0.3, 0.4) is 0 Å². The number of thiazole rings is 1. The molecule has 0 spiro atoms. The molecule has 1 heterocycles. The van der Waals surface area contributed by atoms with Crippen LogP contribution in [0.1, 0.15) is 21.5 Å². The van der Waals surface area contributed by atoms with Crippen molar-refractivity contribution in [2.45, 2.75) is 13.8 Å². The predicted octanol–water partition coefficient (Wildman–Crippen LogP) is 6.25. The highest BCUT2D eigenvalue weighted by Gasteiger charge is 2.18. The third kappa shape index (κ3) is 4.51. The topological polar surface area (TPSA) is 85.1 Å². The number of nitro groups is 1. The quantitative estimate of drug-likeness (QED) is 0.300. The lowest BCUT2D eigenvalue weighted by Crippen LogP contribution is -2.11. The lowest BCUT2D eigenvalue weighted by Gasteiger charge is -2.03. The Bertz CT molecular complexity index is 1260. The summed E-state index contributed by atoms with van der Waals surface area (Å²) < 4.78 is 0. The van der Waals surface area contributed by atoms with E-state index in [1.54, 1.807) is 18.2 Å². The number of nitrogens with zero attached hydrogens (tertiary/aromatic N) is 2. The van der Waals surface area contributed by atoms with Crippen molar-refractivity contribution in [2.24, 2.45) is 0 Å². The van der Waals surface area contributed by atoms with Crippen molar-refractivity contribution < 1.29 is 9.72 Å². The molecule has 1 aromatic heterocycles. The first-order chi connectivity index (χ1) is 14.9. The standard InChI is InChI=1S/C24H19N3O3S/c1-15-6-8-17(9-7-15)21-22(18-10-12-20(13-11-18)27(29)30)31-24(25-21)26-23(28)19-5-3-4-16(2)14-19/h3-14H,1-2H3,(H,25,26,28). The number of hydrogen-bond donors (Lipinski definition) is 1. The summed E-state index contributed by atoms with van der Waals surface area (Å²) in [6.07, 6.45) is 0. The van der Waals surface area contributed by atoms with E-state index in [0.29, 0.717) is 10.7 Å². The number of rotatable bonds is 5. The van der Waals surface area contributed by atoms with Crippen LogP contribution < -0.4 is 5.32 Å². The first-order valence-corrected chi connectivity index (χ1v) is 10.4. The molecule has 1 N–H and O–H groups in total. The van der Waals surface area contributed by atoms with Crippen LogP contribution in [0.5, 0.6) is 0 Å². The van der Waals surface area contributed by atoms with Gasteiger partial charge in [-0.05, 0) is 43.7 Å². The molecule has 6 nitrogen and oxygen atoms in total. The second-order valence-corrected chi connectivity index (χ2v) is 8.19. The summed E-state index contributed by atoms with van der Waals surface area (Å²) in [4.78, 5) is 28.8. The number of hydrogen-bond acceptors (Lipinski definition) is 5. The average molecular weight is 430 g/mol. The van der Waals surface area contributed by atoms with E-state index >= 15 is 0 Å². The van der Waals surface area contributed by atoms with E-state index in [2.05, 4.69) is 10.3 Å². The molecule has 1 amide bonds. The van der Waals surface area contributed by atoms with Gasteiger partial charge in [0.05, 0.1) is 15.5 Å². The molecular weight excluding hydrogens is 410 g/mol. The Morgan fingerprint density at radius 2 is 1.61 bits per heavy atom. The number of anilines is 1. The Hall–Kier alpha value is -3.84. The second kappa shape index (κ2) is 8.49. The van der Waals surface area contributed by atoms with Crippen molar-refractivity contribution in [2.75, 3.05) is 5.32 Å². The van der Waals surface area contributed by atoms with Crippen LogP contribution in [0.4, 0.5) is 10.8 Å². The minimum absolute atomic E-state index is 0.0260. The van der Waals surface area contributed by atoms with E-state index in [4.69, 9.17) is 0 Å². The molecule has 0 aliphatic heterocycles. The molecule has 0 radical (unpaired) electrons. The summed E-state index contributed by atoms with van der Waals surface area (Å²) in [6.45, 7) is 3.94. The fourth-order valence-corrected chi connectivity index (χ4v) is 4.15. The number of aryl methyl sites for hydroxylation is 2. The summed E-state index contributed by atoms with van der Waals surface area (Å²) in [5.74, 6) is -0.233. The molecule has 4 aromatic rings. The molecule has 0 aliphatic carbocycles. The molecule has 3 aromatic carbocycles. The monoisotopic (exact) mass is 429 g/mol. The van der Waals surface area contributed by atoms with Gasteiger partial charge in [0.2, 0.25) is 0 Å². The molecule has 0 saturated heterocycles. The largest absolute Gasteiger partial charge is 0.298 e. The van der Waals surface area contributed by atoms with E-state index in [1.807, 2.05) is 56.3 Å². The number of amides is 1. The Labute approximate surface area is 183 Å². The van der Waals surface area contributed by atoms with Gasteiger partial charge in [0, 0.05) is 23.3 Å². The van der Waals surface area contributed by atoms with E-state index in [-0.39, 0.29) is 11.6 Å². The van der Waals surface area contributed by atoms with Crippen molar-refractivity contribution in [1.82, 2.24) is 4.98 Å². The minimum atomic E-state index is -0.426. The molecule has 4 rings (SSSR count). The van der Waals surface area contributed by atoms with Crippen molar-refractivity contribution in [3.63, 3.8) is 0 Å². The van der Waals surface area contributed by atoms with Gasteiger partial charge in [-0.15, -0.1) is 0 Å². The van der Waals surface area contributed by atoms with Crippen LogP contribution in [-0.4, -0.2) is 15.8 Å². The molecule has 0 bridgehead atoms. The molecule has 0 atom stereocenters. The van der Waals surface area contributed by atoms with E-state index < -0.39 is 4.92 Å². The molecule has 7 heteroatoms. The predicted molar refractivity (Wildman–Crippen MR) is 124 cm³/mol. The van der Waals surface area contributed by atoms with Crippen LogP contribution in [0.15, 0.2) is 72.8 Å². The summed E-state index contributed by atoms with van der Waals surface area (Å²) in [7, 11) is 0. The molecular formula is C24H19N3O3S. The number of nitro benzene ring substituents is 1. The number of non-ortho nitro benzene ring substituents is 1. The highest BCUT2D eigenvalue weighted by Crippen LogP contribution is 2.39. The molecule has 0 fully saturated rings. The lowest BCUT2D eigenvalue weighted by molar-refractivity contribution is -0.384. The molecule has 0 unspecified atom stereocenters. The maximum absolute atomic E-state index is 12.7. The van der Waals surface area contributed by atoms with Crippen molar-refractivity contribution >= 4 is 28.1 Å². The molecule has 0 aliphatic rings. The first kappa shape index (κ1) is 20.4.